The van der Waals surface area contributed by atoms with Gasteiger partial charge in [-0.1, -0.05) is 35.6 Å². The Labute approximate surface area is 197 Å². The van der Waals surface area contributed by atoms with Crippen LogP contribution in [0.25, 0.3) is 16.3 Å². The number of ether oxygens (including phenoxy) is 2. The SMILES string of the molecule is COCCN(C(=O)/C=C/c1ccc(S(=O)(=O)N2CCOCC2)cc1)c1nc2ccccc2s1. The molecular weight excluding hydrogens is 462 g/mol. The maximum atomic E-state index is 13.0. The Morgan fingerprint density at radius 3 is 2.61 bits per heavy atom. The van der Waals surface area contributed by atoms with Gasteiger partial charge in [-0.3, -0.25) is 9.69 Å². The summed E-state index contributed by atoms with van der Waals surface area (Å²) in [6, 6.07) is 14.2. The predicted octanol–water partition coefficient (Wildman–Crippen LogP) is 3.01. The fraction of sp³-hybridized carbons (Fsp3) is 0.304. The summed E-state index contributed by atoms with van der Waals surface area (Å²) in [5, 5.41) is 0.606. The lowest BCUT2D eigenvalue weighted by Crippen LogP contribution is -2.40. The van der Waals surface area contributed by atoms with Crippen LogP contribution in [-0.4, -0.2) is 70.2 Å². The van der Waals surface area contributed by atoms with Crippen LogP contribution in [0.3, 0.4) is 0 Å². The second kappa shape index (κ2) is 10.5. The number of hydrogen-bond donors (Lipinski definition) is 0. The molecule has 0 saturated carbocycles. The van der Waals surface area contributed by atoms with Crippen LogP contribution in [0, 0.1) is 0 Å². The molecule has 0 atom stereocenters. The Balaban J connectivity index is 1.49. The Kier molecular flexibility index (Phi) is 7.51. The smallest absolute Gasteiger partial charge is 0.252 e. The van der Waals surface area contributed by atoms with Gasteiger partial charge in [0, 0.05) is 26.3 Å². The molecule has 2 aromatic carbocycles. The number of benzene rings is 2. The number of morpholine rings is 1. The van der Waals surface area contributed by atoms with E-state index in [0.29, 0.717) is 44.6 Å². The van der Waals surface area contributed by atoms with Gasteiger partial charge in [0.25, 0.3) is 5.91 Å². The van der Waals surface area contributed by atoms with Crippen LogP contribution in [0.4, 0.5) is 5.13 Å². The van der Waals surface area contributed by atoms with Gasteiger partial charge < -0.3 is 9.47 Å². The van der Waals surface area contributed by atoms with Crippen molar-refractivity contribution < 1.29 is 22.7 Å². The molecule has 1 amide bonds. The minimum absolute atomic E-state index is 0.226. The van der Waals surface area contributed by atoms with Gasteiger partial charge in [0.1, 0.15) is 0 Å². The summed E-state index contributed by atoms with van der Waals surface area (Å²) in [7, 11) is -1.96. The molecule has 0 spiro atoms. The molecule has 8 nitrogen and oxygen atoms in total. The van der Waals surface area contributed by atoms with Crippen molar-refractivity contribution >= 4 is 48.7 Å². The zero-order chi connectivity index (χ0) is 23.3. The number of aromatic nitrogens is 1. The highest BCUT2D eigenvalue weighted by molar-refractivity contribution is 7.89. The summed E-state index contributed by atoms with van der Waals surface area (Å²) in [5.41, 5.74) is 1.56. The van der Waals surface area contributed by atoms with Crippen molar-refractivity contribution in [3.8, 4) is 0 Å². The number of nitrogens with zero attached hydrogens (tertiary/aromatic N) is 3. The largest absolute Gasteiger partial charge is 0.383 e. The average Bonchev–Trinajstić information content (AvgIpc) is 3.27. The lowest BCUT2D eigenvalue weighted by atomic mass is 10.2. The first kappa shape index (κ1) is 23.5. The number of para-hydroxylation sites is 1. The van der Waals surface area contributed by atoms with Crippen LogP contribution in [-0.2, 0) is 24.3 Å². The summed E-state index contributed by atoms with van der Waals surface area (Å²) < 4.78 is 38.3. The molecule has 33 heavy (non-hydrogen) atoms. The van der Waals surface area contributed by atoms with E-state index in [-0.39, 0.29) is 10.8 Å². The molecule has 0 unspecified atom stereocenters. The standard InChI is InChI=1S/C23H25N3O5S2/c1-30-15-14-26(23-24-20-4-2-3-5-21(20)32-23)22(27)11-8-18-6-9-19(10-7-18)33(28,29)25-12-16-31-17-13-25/h2-11H,12-17H2,1H3/b11-8+. The highest BCUT2D eigenvalue weighted by atomic mass is 32.2. The molecule has 0 bridgehead atoms. The first-order chi connectivity index (χ1) is 16.0. The normalized spacial score (nSPS) is 15.3. The Morgan fingerprint density at radius 2 is 1.91 bits per heavy atom. The van der Waals surface area contributed by atoms with Gasteiger partial charge in [-0.05, 0) is 35.9 Å². The Morgan fingerprint density at radius 1 is 1.18 bits per heavy atom. The lowest BCUT2D eigenvalue weighted by Gasteiger charge is -2.26. The molecule has 174 valence electrons. The highest BCUT2D eigenvalue weighted by Crippen LogP contribution is 2.29. The summed E-state index contributed by atoms with van der Waals surface area (Å²) in [6.45, 7) is 2.25. The molecule has 1 aliphatic rings. The maximum absolute atomic E-state index is 13.0. The number of methoxy groups -OCH3 is 1. The molecule has 1 fully saturated rings. The molecule has 0 radical (unpaired) electrons. The van der Waals surface area contributed by atoms with E-state index in [1.54, 1.807) is 42.4 Å². The van der Waals surface area contributed by atoms with Crippen molar-refractivity contribution in [1.82, 2.24) is 9.29 Å². The summed E-state index contributed by atoms with van der Waals surface area (Å²) in [5.74, 6) is -0.226. The quantitative estimate of drug-likeness (QED) is 0.454. The minimum Gasteiger partial charge on any atom is -0.383 e. The van der Waals surface area contributed by atoms with E-state index in [4.69, 9.17) is 9.47 Å². The van der Waals surface area contributed by atoms with Gasteiger partial charge in [-0.15, -0.1) is 0 Å². The molecule has 1 aliphatic heterocycles. The monoisotopic (exact) mass is 487 g/mol. The van der Waals surface area contributed by atoms with Crippen LogP contribution >= 0.6 is 11.3 Å². The average molecular weight is 488 g/mol. The molecular formula is C23H25N3O5S2. The van der Waals surface area contributed by atoms with E-state index in [2.05, 4.69) is 4.98 Å². The molecule has 1 saturated heterocycles. The third-order valence-electron chi connectivity index (χ3n) is 5.20. The van der Waals surface area contributed by atoms with Crippen LogP contribution in [0.15, 0.2) is 59.5 Å². The first-order valence-corrected chi connectivity index (χ1v) is 12.8. The summed E-state index contributed by atoms with van der Waals surface area (Å²) in [4.78, 5) is 19.4. The van der Waals surface area contributed by atoms with Crippen molar-refractivity contribution in [1.29, 1.82) is 0 Å². The third kappa shape index (κ3) is 5.48. The van der Waals surface area contributed by atoms with Crippen molar-refractivity contribution in [3.63, 3.8) is 0 Å². The number of rotatable bonds is 8. The molecule has 3 aromatic rings. The molecule has 4 rings (SSSR count). The first-order valence-electron chi connectivity index (χ1n) is 10.5. The van der Waals surface area contributed by atoms with E-state index in [0.717, 1.165) is 15.8 Å². The second-order valence-electron chi connectivity index (χ2n) is 7.37. The summed E-state index contributed by atoms with van der Waals surface area (Å²) in [6.07, 6.45) is 3.13. The van der Waals surface area contributed by atoms with Crippen LogP contribution in [0.2, 0.25) is 0 Å². The van der Waals surface area contributed by atoms with Gasteiger partial charge in [0.05, 0.1) is 41.5 Å². The number of carbonyl (C=O) groups excluding carboxylic acids is 1. The van der Waals surface area contributed by atoms with Gasteiger partial charge in [-0.25, -0.2) is 13.4 Å². The highest BCUT2D eigenvalue weighted by Gasteiger charge is 2.26. The fourth-order valence-corrected chi connectivity index (χ4v) is 5.81. The van der Waals surface area contributed by atoms with Gasteiger partial charge in [0.15, 0.2) is 5.13 Å². The number of carbonyl (C=O) groups is 1. The number of amides is 1. The Hall–Kier alpha value is -2.63. The number of hydrogen-bond acceptors (Lipinski definition) is 7. The van der Waals surface area contributed by atoms with E-state index >= 15 is 0 Å². The number of anilines is 1. The van der Waals surface area contributed by atoms with E-state index in [9.17, 15) is 13.2 Å². The van der Waals surface area contributed by atoms with Crippen molar-refractivity contribution in [3.05, 3.63) is 60.2 Å². The van der Waals surface area contributed by atoms with Crippen molar-refractivity contribution in [2.75, 3.05) is 51.5 Å². The molecule has 10 heteroatoms. The molecule has 0 aliphatic carbocycles. The van der Waals surface area contributed by atoms with E-state index in [1.807, 2.05) is 24.3 Å². The lowest BCUT2D eigenvalue weighted by molar-refractivity contribution is -0.114. The van der Waals surface area contributed by atoms with Crippen LogP contribution < -0.4 is 4.90 Å². The zero-order valence-electron chi connectivity index (χ0n) is 18.2. The van der Waals surface area contributed by atoms with Gasteiger partial charge in [0.2, 0.25) is 10.0 Å². The van der Waals surface area contributed by atoms with Crippen molar-refractivity contribution in [2.45, 2.75) is 4.90 Å². The zero-order valence-corrected chi connectivity index (χ0v) is 19.8. The molecule has 0 N–H and O–H groups in total. The van der Waals surface area contributed by atoms with Crippen LogP contribution in [0.1, 0.15) is 5.56 Å². The van der Waals surface area contributed by atoms with E-state index in [1.165, 1.54) is 21.7 Å². The Bertz CT molecular complexity index is 1200. The number of thiazole rings is 1. The topological polar surface area (TPSA) is 89.0 Å². The predicted molar refractivity (Wildman–Crippen MR) is 129 cm³/mol. The third-order valence-corrected chi connectivity index (χ3v) is 8.18. The number of sulfonamides is 1. The molecule has 2 heterocycles. The molecule has 1 aromatic heterocycles. The van der Waals surface area contributed by atoms with Crippen LogP contribution in [0.5, 0.6) is 0 Å². The van der Waals surface area contributed by atoms with E-state index < -0.39 is 10.0 Å². The number of fused-ring (bicyclic) bond motifs is 1. The summed E-state index contributed by atoms with van der Waals surface area (Å²) >= 11 is 1.45. The van der Waals surface area contributed by atoms with Crippen molar-refractivity contribution in [2.24, 2.45) is 0 Å². The fourth-order valence-electron chi connectivity index (χ4n) is 3.40. The van der Waals surface area contributed by atoms with Gasteiger partial charge in [-0.2, -0.15) is 4.31 Å². The van der Waals surface area contributed by atoms with Gasteiger partial charge >= 0.3 is 0 Å². The minimum atomic E-state index is -3.55. The second-order valence-corrected chi connectivity index (χ2v) is 10.3. The maximum Gasteiger partial charge on any atom is 0.252 e.